The molecular weight excluding hydrogens is 242 g/mol. The average molecular weight is 267 g/mol. The Kier molecular flexibility index (Phi) is 3.80. The first kappa shape index (κ1) is 13.6. The largest absolute Gasteiger partial charge is 0.314 e. The summed E-state index contributed by atoms with van der Waals surface area (Å²) in [6.07, 6.45) is 5.17. The lowest BCUT2D eigenvalue weighted by Gasteiger charge is -2.25. The number of rotatable bonds is 6. The quantitative estimate of drug-likeness (QED) is 0.809. The molecule has 0 amide bonds. The summed E-state index contributed by atoms with van der Waals surface area (Å²) in [7, 11) is 0. The maximum atomic E-state index is 3.70. The van der Waals surface area contributed by atoms with Crippen LogP contribution in [0.15, 0.2) is 42.5 Å². The summed E-state index contributed by atoms with van der Waals surface area (Å²) < 4.78 is 0. The van der Waals surface area contributed by atoms with Crippen molar-refractivity contribution in [2.45, 2.75) is 45.6 Å². The normalized spacial score (nSPS) is 18.1. The van der Waals surface area contributed by atoms with Crippen LogP contribution in [-0.2, 0) is 6.42 Å². The van der Waals surface area contributed by atoms with Gasteiger partial charge < -0.3 is 5.32 Å². The first-order valence-corrected chi connectivity index (χ1v) is 7.95. The second kappa shape index (κ2) is 5.57. The first-order chi connectivity index (χ1) is 9.75. The van der Waals surface area contributed by atoms with E-state index in [0.717, 1.165) is 6.54 Å². The molecule has 1 fully saturated rings. The third-order valence-electron chi connectivity index (χ3n) is 4.93. The van der Waals surface area contributed by atoms with Gasteiger partial charge in [0.05, 0.1) is 0 Å². The van der Waals surface area contributed by atoms with E-state index in [4.69, 9.17) is 0 Å². The highest BCUT2D eigenvalue weighted by Crippen LogP contribution is 2.51. The van der Waals surface area contributed by atoms with Crippen molar-refractivity contribution in [1.29, 1.82) is 0 Å². The summed E-state index contributed by atoms with van der Waals surface area (Å²) in [6.45, 7) is 5.75. The smallest absolute Gasteiger partial charge is 0.00983 e. The van der Waals surface area contributed by atoms with E-state index in [2.05, 4.69) is 61.6 Å². The second-order valence-corrected chi connectivity index (χ2v) is 6.35. The van der Waals surface area contributed by atoms with Crippen molar-refractivity contribution >= 4 is 10.8 Å². The monoisotopic (exact) mass is 267 g/mol. The lowest BCUT2D eigenvalue weighted by atomic mass is 9.87. The zero-order valence-corrected chi connectivity index (χ0v) is 12.7. The van der Waals surface area contributed by atoms with Crippen molar-refractivity contribution in [1.82, 2.24) is 5.32 Å². The zero-order chi connectivity index (χ0) is 14.0. The van der Waals surface area contributed by atoms with Crippen molar-refractivity contribution in [3.8, 4) is 0 Å². The summed E-state index contributed by atoms with van der Waals surface area (Å²) in [4.78, 5) is 0. The number of nitrogens with one attached hydrogen (secondary N) is 1. The summed E-state index contributed by atoms with van der Waals surface area (Å²) in [6, 6.07) is 16.1. The Morgan fingerprint density at radius 1 is 1.10 bits per heavy atom. The molecule has 1 nitrogen and oxygen atoms in total. The SMILES string of the molecule is CCCNC(C)C1(Cc2cccc3ccccc23)CC1. The van der Waals surface area contributed by atoms with E-state index in [1.807, 2.05) is 0 Å². The lowest BCUT2D eigenvalue weighted by Crippen LogP contribution is -2.36. The standard InChI is InChI=1S/C19H25N/c1-3-13-20-15(2)19(11-12-19)14-17-9-6-8-16-7-4-5-10-18(16)17/h4-10,15,20H,3,11-14H2,1-2H3. The van der Waals surface area contributed by atoms with E-state index in [1.165, 1.54) is 42.0 Å². The molecule has 1 saturated carbocycles. The number of hydrogen-bond acceptors (Lipinski definition) is 1. The molecule has 1 unspecified atom stereocenters. The molecule has 0 spiro atoms. The molecule has 20 heavy (non-hydrogen) atoms. The number of fused-ring (bicyclic) bond motifs is 1. The molecule has 0 aliphatic heterocycles. The van der Waals surface area contributed by atoms with Gasteiger partial charge in [-0.2, -0.15) is 0 Å². The van der Waals surface area contributed by atoms with Crippen molar-refractivity contribution in [2.75, 3.05) is 6.54 Å². The van der Waals surface area contributed by atoms with Crippen molar-refractivity contribution in [3.05, 3.63) is 48.0 Å². The van der Waals surface area contributed by atoms with Gasteiger partial charge >= 0.3 is 0 Å². The maximum Gasteiger partial charge on any atom is 0.00983 e. The van der Waals surface area contributed by atoms with Gasteiger partial charge in [-0.1, -0.05) is 49.4 Å². The minimum absolute atomic E-state index is 0.499. The van der Waals surface area contributed by atoms with Crippen molar-refractivity contribution in [3.63, 3.8) is 0 Å². The fourth-order valence-electron chi connectivity index (χ4n) is 3.33. The van der Waals surface area contributed by atoms with Gasteiger partial charge in [0.1, 0.15) is 0 Å². The van der Waals surface area contributed by atoms with Crippen LogP contribution in [0.5, 0.6) is 0 Å². The van der Waals surface area contributed by atoms with E-state index in [-0.39, 0.29) is 0 Å². The summed E-state index contributed by atoms with van der Waals surface area (Å²) in [5.41, 5.74) is 2.02. The molecule has 0 radical (unpaired) electrons. The van der Waals surface area contributed by atoms with E-state index in [1.54, 1.807) is 0 Å². The molecule has 0 saturated heterocycles. The van der Waals surface area contributed by atoms with Gasteiger partial charge in [-0.05, 0) is 60.9 Å². The lowest BCUT2D eigenvalue weighted by molar-refractivity contribution is 0.351. The molecule has 0 heterocycles. The highest BCUT2D eigenvalue weighted by Gasteiger charge is 2.46. The Labute approximate surface area is 122 Å². The zero-order valence-electron chi connectivity index (χ0n) is 12.7. The van der Waals surface area contributed by atoms with E-state index in [9.17, 15) is 0 Å². The van der Waals surface area contributed by atoms with Gasteiger partial charge in [-0.3, -0.25) is 0 Å². The van der Waals surface area contributed by atoms with Crippen molar-refractivity contribution < 1.29 is 0 Å². The molecular formula is C19H25N. The molecule has 1 atom stereocenters. The Morgan fingerprint density at radius 2 is 1.85 bits per heavy atom. The molecule has 1 N–H and O–H groups in total. The van der Waals surface area contributed by atoms with Crippen LogP contribution in [0.2, 0.25) is 0 Å². The molecule has 0 bridgehead atoms. The van der Waals surface area contributed by atoms with Crippen LogP contribution in [0.25, 0.3) is 10.8 Å². The van der Waals surface area contributed by atoms with E-state index in [0.29, 0.717) is 11.5 Å². The fraction of sp³-hybridized carbons (Fsp3) is 0.474. The van der Waals surface area contributed by atoms with Crippen LogP contribution in [0.1, 0.15) is 38.7 Å². The van der Waals surface area contributed by atoms with Gasteiger partial charge in [0.2, 0.25) is 0 Å². The first-order valence-electron chi connectivity index (χ1n) is 7.95. The van der Waals surface area contributed by atoms with Gasteiger partial charge in [-0.25, -0.2) is 0 Å². The number of hydrogen-bond donors (Lipinski definition) is 1. The van der Waals surface area contributed by atoms with Crippen LogP contribution in [-0.4, -0.2) is 12.6 Å². The fourth-order valence-corrected chi connectivity index (χ4v) is 3.33. The van der Waals surface area contributed by atoms with E-state index < -0.39 is 0 Å². The van der Waals surface area contributed by atoms with Crippen molar-refractivity contribution in [2.24, 2.45) is 5.41 Å². The summed E-state index contributed by atoms with van der Waals surface area (Å²) in [5.74, 6) is 0. The maximum absolute atomic E-state index is 3.70. The number of benzene rings is 2. The minimum atomic E-state index is 0.499. The molecule has 2 aromatic carbocycles. The van der Waals surface area contributed by atoms with Crippen LogP contribution in [0.4, 0.5) is 0 Å². The van der Waals surface area contributed by atoms with Crippen LogP contribution in [0.3, 0.4) is 0 Å². The van der Waals surface area contributed by atoms with Crippen LogP contribution >= 0.6 is 0 Å². The van der Waals surface area contributed by atoms with Crippen LogP contribution < -0.4 is 5.32 Å². The predicted octanol–water partition coefficient (Wildman–Crippen LogP) is 4.55. The molecule has 1 aliphatic rings. The Hall–Kier alpha value is -1.34. The van der Waals surface area contributed by atoms with Gasteiger partial charge in [0, 0.05) is 6.04 Å². The minimum Gasteiger partial charge on any atom is -0.314 e. The molecule has 2 aromatic rings. The third kappa shape index (κ3) is 2.60. The highest BCUT2D eigenvalue weighted by atomic mass is 14.9. The predicted molar refractivity (Wildman–Crippen MR) is 87.1 cm³/mol. The molecule has 1 aliphatic carbocycles. The Morgan fingerprint density at radius 3 is 2.60 bits per heavy atom. The molecule has 106 valence electrons. The Balaban J connectivity index is 1.83. The summed E-state index contributed by atoms with van der Waals surface area (Å²) in [5, 5.41) is 6.51. The molecule has 3 rings (SSSR count). The topological polar surface area (TPSA) is 12.0 Å². The van der Waals surface area contributed by atoms with Crippen LogP contribution in [0, 0.1) is 5.41 Å². The van der Waals surface area contributed by atoms with Gasteiger partial charge in [0.15, 0.2) is 0 Å². The average Bonchev–Trinajstić information content (AvgIpc) is 3.26. The van der Waals surface area contributed by atoms with E-state index >= 15 is 0 Å². The third-order valence-corrected chi connectivity index (χ3v) is 4.93. The second-order valence-electron chi connectivity index (χ2n) is 6.35. The molecule has 0 aromatic heterocycles. The summed E-state index contributed by atoms with van der Waals surface area (Å²) >= 11 is 0. The molecule has 1 heteroatoms. The van der Waals surface area contributed by atoms with Gasteiger partial charge in [-0.15, -0.1) is 0 Å². The highest BCUT2D eigenvalue weighted by molar-refractivity contribution is 5.85. The van der Waals surface area contributed by atoms with Gasteiger partial charge in [0.25, 0.3) is 0 Å². The Bertz CT molecular complexity index is 578.